The van der Waals surface area contributed by atoms with E-state index >= 15 is 0 Å². The van der Waals surface area contributed by atoms with E-state index in [1.54, 1.807) is 6.26 Å². The Morgan fingerprint density at radius 3 is 2.72 bits per heavy atom. The molecule has 1 aliphatic rings. The number of rotatable bonds is 2. The smallest absolute Gasteiger partial charge is 0.152 e. The number of hydrogen-bond donors (Lipinski definition) is 1. The summed E-state index contributed by atoms with van der Waals surface area (Å²) >= 11 is -0.913. The highest BCUT2D eigenvalue weighted by atomic mass is 32.2. The normalized spacial score (nSPS) is 21.1. The van der Waals surface area contributed by atoms with Crippen LogP contribution in [0.5, 0.6) is 0 Å². The van der Waals surface area contributed by atoms with Gasteiger partial charge in [-0.15, -0.1) is 5.92 Å². The third kappa shape index (κ3) is 2.99. The molecule has 1 N–H and O–H groups in total. The number of nitrogens with zero attached hydrogens (tertiary/aromatic N) is 1. The minimum atomic E-state index is -0.913. The minimum absolute atomic E-state index is 0.224. The van der Waals surface area contributed by atoms with Crippen molar-refractivity contribution in [2.45, 2.75) is 17.9 Å². The molecule has 1 saturated heterocycles. The SMILES string of the molecule is CC#CC1CNCCN1c1ccc([S+](C)[O-])cc1. The van der Waals surface area contributed by atoms with E-state index in [1.807, 2.05) is 31.2 Å². The van der Waals surface area contributed by atoms with E-state index in [0.717, 1.165) is 30.2 Å². The molecule has 2 rings (SSSR count). The summed E-state index contributed by atoms with van der Waals surface area (Å²) in [6.07, 6.45) is 1.70. The van der Waals surface area contributed by atoms with Gasteiger partial charge in [-0.1, -0.05) is 5.92 Å². The number of anilines is 1. The first-order valence-corrected chi connectivity index (χ1v) is 7.61. The first-order valence-electron chi connectivity index (χ1n) is 6.05. The third-order valence-corrected chi connectivity index (χ3v) is 3.99. The Hall–Kier alpha value is -1.15. The van der Waals surface area contributed by atoms with Crippen molar-refractivity contribution >= 4 is 16.9 Å². The van der Waals surface area contributed by atoms with E-state index in [0.29, 0.717) is 0 Å². The summed E-state index contributed by atoms with van der Waals surface area (Å²) in [4.78, 5) is 3.17. The van der Waals surface area contributed by atoms with Crippen molar-refractivity contribution in [2.24, 2.45) is 0 Å². The molecule has 96 valence electrons. The molecular weight excluding hydrogens is 244 g/mol. The zero-order valence-corrected chi connectivity index (χ0v) is 11.6. The van der Waals surface area contributed by atoms with Crippen molar-refractivity contribution in [2.75, 3.05) is 30.8 Å². The number of piperazine rings is 1. The van der Waals surface area contributed by atoms with Crippen molar-refractivity contribution < 1.29 is 4.55 Å². The van der Waals surface area contributed by atoms with Gasteiger partial charge in [-0.05, 0) is 42.4 Å². The summed E-state index contributed by atoms with van der Waals surface area (Å²) in [5.41, 5.74) is 1.15. The first-order chi connectivity index (χ1) is 8.72. The molecule has 0 saturated carbocycles. The highest BCUT2D eigenvalue weighted by Crippen LogP contribution is 2.20. The van der Waals surface area contributed by atoms with Gasteiger partial charge < -0.3 is 14.8 Å². The summed E-state index contributed by atoms with van der Waals surface area (Å²) in [6, 6.07) is 8.16. The molecule has 18 heavy (non-hydrogen) atoms. The number of hydrogen-bond acceptors (Lipinski definition) is 3. The van der Waals surface area contributed by atoms with E-state index in [2.05, 4.69) is 22.1 Å². The molecule has 1 aromatic carbocycles. The zero-order chi connectivity index (χ0) is 13.0. The van der Waals surface area contributed by atoms with Crippen LogP contribution in [0.15, 0.2) is 29.2 Å². The van der Waals surface area contributed by atoms with Crippen LogP contribution in [-0.4, -0.2) is 36.5 Å². The molecule has 0 bridgehead atoms. The molecule has 0 amide bonds. The molecule has 4 heteroatoms. The van der Waals surface area contributed by atoms with Gasteiger partial charge in [-0.25, -0.2) is 0 Å². The Labute approximate surface area is 112 Å². The maximum Gasteiger partial charge on any atom is 0.152 e. The second kappa shape index (κ2) is 6.14. The average Bonchev–Trinajstić information content (AvgIpc) is 2.40. The topological polar surface area (TPSA) is 38.3 Å². The van der Waals surface area contributed by atoms with Gasteiger partial charge in [0.2, 0.25) is 0 Å². The standard InChI is InChI=1S/C14H18N2OS/c1-3-4-13-11-15-9-10-16(13)12-5-7-14(8-6-12)18(2)17/h5-8,13,15H,9-11H2,1-2H3. The van der Waals surface area contributed by atoms with Crippen LogP contribution in [0.4, 0.5) is 5.69 Å². The number of benzene rings is 1. The van der Waals surface area contributed by atoms with E-state index < -0.39 is 11.2 Å². The Balaban J connectivity index is 2.19. The van der Waals surface area contributed by atoms with Gasteiger partial charge in [0, 0.05) is 25.3 Å². The fourth-order valence-electron chi connectivity index (χ4n) is 2.14. The maximum absolute atomic E-state index is 11.4. The van der Waals surface area contributed by atoms with Gasteiger partial charge in [0.05, 0.1) is 0 Å². The highest BCUT2D eigenvalue weighted by molar-refractivity contribution is 7.90. The molecule has 1 heterocycles. The summed E-state index contributed by atoms with van der Waals surface area (Å²) in [5, 5.41) is 3.36. The van der Waals surface area contributed by atoms with Crippen LogP contribution in [0, 0.1) is 11.8 Å². The quantitative estimate of drug-likeness (QED) is 0.643. The fourth-order valence-corrected chi connectivity index (χ4v) is 2.66. The van der Waals surface area contributed by atoms with E-state index in [-0.39, 0.29) is 6.04 Å². The summed E-state index contributed by atoms with van der Waals surface area (Å²) in [5.74, 6) is 6.21. The Bertz CT molecular complexity index is 447. The van der Waals surface area contributed by atoms with Crippen molar-refractivity contribution in [3.05, 3.63) is 24.3 Å². The summed E-state index contributed by atoms with van der Waals surface area (Å²) in [7, 11) is 0. The Morgan fingerprint density at radius 2 is 2.11 bits per heavy atom. The molecule has 2 atom stereocenters. The van der Waals surface area contributed by atoms with Crippen molar-refractivity contribution in [3.63, 3.8) is 0 Å². The van der Waals surface area contributed by atoms with Gasteiger partial charge in [0.25, 0.3) is 0 Å². The highest BCUT2D eigenvalue weighted by Gasteiger charge is 2.20. The third-order valence-electron chi connectivity index (χ3n) is 3.05. The molecule has 2 unspecified atom stereocenters. The predicted molar refractivity (Wildman–Crippen MR) is 76.2 cm³/mol. The molecule has 0 radical (unpaired) electrons. The molecule has 1 aromatic rings. The van der Waals surface area contributed by atoms with Crippen molar-refractivity contribution in [1.82, 2.24) is 5.32 Å². The first kappa shape index (κ1) is 13.3. The lowest BCUT2D eigenvalue weighted by Gasteiger charge is -2.35. The van der Waals surface area contributed by atoms with Crippen molar-refractivity contribution in [1.29, 1.82) is 0 Å². The summed E-state index contributed by atoms with van der Waals surface area (Å²) < 4.78 is 11.4. The number of nitrogens with one attached hydrogen (secondary N) is 1. The molecule has 0 spiro atoms. The van der Waals surface area contributed by atoms with Crippen LogP contribution in [0.2, 0.25) is 0 Å². The molecule has 0 aromatic heterocycles. The van der Waals surface area contributed by atoms with Gasteiger partial charge in [-0.3, -0.25) is 0 Å². The Kier molecular flexibility index (Phi) is 4.54. The van der Waals surface area contributed by atoms with Gasteiger partial charge in [-0.2, -0.15) is 0 Å². The minimum Gasteiger partial charge on any atom is -0.612 e. The van der Waals surface area contributed by atoms with E-state index in [4.69, 9.17) is 0 Å². The molecular formula is C14H18N2OS. The lowest BCUT2D eigenvalue weighted by Crippen LogP contribution is -2.50. The molecule has 1 aliphatic heterocycles. The maximum atomic E-state index is 11.4. The van der Waals surface area contributed by atoms with Crippen LogP contribution in [0.1, 0.15) is 6.92 Å². The van der Waals surface area contributed by atoms with Crippen LogP contribution in [0.25, 0.3) is 0 Å². The molecule has 1 fully saturated rings. The van der Waals surface area contributed by atoms with Crippen molar-refractivity contribution in [3.8, 4) is 11.8 Å². The van der Waals surface area contributed by atoms with E-state index in [1.165, 1.54) is 0 Å². The largest absolute Gasteiger partial charge is 0.612 e. The second-order valence-corrected chi connectivity index (χ2v) is 5.64. The molecule has 0 aliphatic carbocycles. The van der Waals surface area contributed by atoms with Crippen LogP contribution >= 0.6 is 0 Å². The van der Waals surface area contributed by atoms with E-state index in [9.17, 15) is 4.55 Å². The fraction of sp³-hybridized carbons (Fsp3) is 0.429. The van der Waals surface area contributed by atoms with Gasteiger partial charge >= 0.3 is 0 Å². The van der Waals surface area contributed by atoms with Crippen LogP contribution < -0.4 is 10.2 Å². The lowest BCUT2D eigenvalue weighted by atomic mass is 10.1. The molecule has 3 nitrogen and oxygen atoms in total. The lowest BCUT2D eigenvalue weighted by molar-refractivity contribution is 0.538. The summed E-state index contributed by atoms with van der Waals surface area (Å²) in [6.45, 7) is 4.69. The van der Waals surface area contributed by atoms with Gasteiger partial charge in [0.1, 0.15) is 12.3 Å². The predicted octanol–water partition coefficient (Wildman–Crippen LogP) is 1.23. The average molecular weight is 262 g/mol. The van der Waals surface area contributed by atoms with Gasteiger partial charge in [0.15, 0.2) is 4.90 Å². The monoisotopic (exact) mass is 262 g/mol. The van der Waals surface area contributed by atoms with Crippen LogP contribution in [-0.2, 0) is 11.2 Å². The van der Waals surface area contributed by atoms with Crippen LogP contribution in [0.3, 0.4) is 0 Å². The second-order valence-electron chi connectivity index (χ2n) is 4.26. The zero-order valence-electron chi connectivity index (χ0n) is 10.8. The Morgan fingerprint density at radius 1 is 1.39 bits per heavy atom.